The molecule has 11 nitrogen and oxygen atoms in total. The first-order valence-electron chi connectivity index (χ1n) is 13.8. The summed E-state index contributed by atoms with van der Waals surface area (Å²) in [4.78, 5) is 24.9. The van der Waals surface area contributed by atoms with Gasteiger partial charge in [-0.3, -0.25) is 9.59 Å². The summed E-state index contributed by atoms with van der Waals surface area (Å²) in [6, 6.07) is 14.3. The Labute approximate surface area is 258 Å². The lowest BCUT2D eigenvalue weighted by molar-refractivity contribution is 0.100. The van der Waals surface area contributed by atoms with E-state index in [1.807, 2.05) is 44.2 Å². The molecule has 0 saturated carbocycles. The average Bonchev–Trinajstić information content (AvgIpc) is 3.45. The van der Waals surface area contributed by atoms with Crippen LogP contribution in [0.1, 0.15) is 64.4 Å². The molecule has 1 heterocycles. The first kappa shape index (κ1) is 31.5. The third kappa shape index (κ3) is 7.89. The van der Waals surface area contributed by atoms with Crippen LogP contribution < -0.4 is 19.5 Å². The number of halogens is 1. The van der Waals surface area contributed by atoms with E-state index in [-0.39, 0.29) is 17.4 Å². The first-order chi connectivity index (χ1) is 20.7. The molecule has 0 aliphatic carbocycles. The van der Waals surface area contributed by atoms with Crippen molar-refractivity contribution < 1.29 is 28.9 Å². The number of benzene rings is 3. The molecule has 4 rings (SSSR count). The Morgan fingerprint density at radius 2 is 1.77 bits per heavy atom. The Bertz CT molecular complexity index is 1590. The number of tetrazole rings is 1. The normalized spacial score (nSPS) is 10.8. The van der Waals surface area contributed by atoms with Crippen LogP contribution in [0.3, 0.4) is 0 Å². The zero-order valence-corrected chi connectivity index (χ0v) is 26.1. The molecule has 0 spiro atoms. The number of anilines is 1. The molecule has 12 heteroatoms. The minimum Gasteiger partial charge on any atom is -0.507 e. The number of hydrogen-bond donors (Lipinski definition) is 2. The molecule has 0 saturated heterocycles. The van der Waals surface area contributed by atoms with E-state index in [0.717, 1.165) is 27.8 Å². The van der Waals surface area contributed by atoms with E-state index >= 15 is 0 Å². The SMILES string of the molecule is CCCc1c(OCCCOc2cc(NC(=O)c3nnnn3Cc3ccc(OC)cc3)c(C)cc2Br)ccc(C(C)=O)c1O. The van der Waals surface area contributed by atoms with E-state index in [2.05, 4.69) is 36.8 Å². The van der Waals surface area contributed by atoms with Crippen LogP contribution in [-0.2, 0) is 13.0 Å². The van der Waals surface area contributed by atoms with Crippen LogP contribution in [0, 0.1) is 6.92 Å². The van der Waals surface area contributed by atoms with Crippen molar-refractivity contribution in [1.82, 2.24) is 20.2 Å². The molecule has 2 N–H and O–H groups in total. The summed E-state index contributed by atoms with van der Waals surface area (Å²) in [5.41, 5.74) is 3.21. The smallest absolute Gasteiger partial charge is 0.295 e. The third-order valence-corrected chi connectivity index (χ3v) is 7.30. The molecular formula is C31H34BrN5O6. The van der Waals surface area contributed by atoms with Crippen molar-refractivity contribution in [2.75, 3.05) is 25.6 Å². The van der Waals surface area contributed by atoms with Crippen molar-refractivity contribution in [2.45, 2.75) is 46.6 Å². The van der Waals surface area contributed by atoms with Gasteiger partial charge in [0.15, 0.2) is 5.78 Å². The maximum atomic E-state index is 13.1. The summed E-state index contributed by atoms with van der Waals surface area (Å²) in [6.07, 6.45) is 1.95. The van der Waals surface area contributed by atoms with Gasteiger partial charge < -0.3 is 24.6 Å². The molecule has 43 heavy (non-hydrogen) atoms. The average molecular weight is 653 g/mol. The minimum absolute atomic E-state index is 0.0176. The summed E-state index contributed by atoms with van der Waals surface area (Å²) in [6.45, 7) is 6.30. The number of nitrogens with one attached hydrogen (secondary N) is 1. The third-order valence-electron chi connectivity index (χ3n) is 6.68. The number of methoxy groups -OCH3 is 1. The molecule has 4 aromatic rings. The van der Waals surface area contributed by atoms with Gasteiger partial charge in [0.1, 0.15) is 23.0 Å². The van der Waals surface area contributed by atoms with Gasteiger partial charge in [0.05, 0.1) is 36.9 Å². The molecule has 3 aromatic carbocycles. The van der Waals surface area contributed by atoms with E-state index in [1.165, 1.54) is 11.6 Å². The molecular weight excluding hydrogens is 618 g/mol. The van der Waals surface area contributed by atoms with Gasteiger partial charge in [-0.15, -0.1) is 5.10 Å². The van der Waals surface area contributed by atoms with Crippen LogP contribution in [0.25, 0.3) is 0 Å². The summed E-state index contributed by atoms with van der Waals surface area (Å²) in [5.74, 6) is 1.25. The maximum Gasteiger partial charge on any atom is 0.295 e. The summed E-state index contributed by atoms with van der Waals surface area (Å²) in [5, 5.41) is 25.0. The monoisotopic (exact) mass is 651 g/mol. The van der Waals surface area contributed by atoms with E-state index in [4.69, 9.17) is 14.2 Å². The van der Waals surface area contributed by atoms with Gasteiger partial charge in [-0.1, -0.05) is 25.5 Å². The maximum absolute atomic E-state index is 13.1. The van der Waals surface area contributed by atoms with Gasteiger partial charge in [-0.2, -0.15) is 0 Å². The number of aromatic hydroxyl groups is 1. The number of rotatable bonds is 14. The van der Waals surface area contributed by atoms with E-state index in [1.54, 1.807) is 25.3 Å². The van der Waals surface area contributed by atoms with E-state index < -0.39 is 5.91 Å². The Morgan fingerprint density at radius 1 is 1.05 bits per heavy atom. The predicted octanol–water partition coefficient (Wildman–Crippen LogP) is 5.76. The number of carbonyl (C=O) groups is 2. The highest BCUT2D eigenvalue weighted by atomic mass is 79.9. The number of hydrogen-bond acceptors (Lipinski definition) is 9. The fourth-order valence-corrected chi connectivity index (χ4v) is 4.98. The van der Waals surface area contributed by atoms with Crippen molar-refractivity contribution in [3.05, 3.63) is 81.1 Å². The molecule has 0 aliphatic heterocycles. The summed E-state index contributed by atoms with van der Waals surface area (Å²) < 4.78 is 19.3. The Kier molecular flexibility index (Phi) is 10.7. The molecule has 0 atom stereocenters. The van der Waals surface area contributed by atoms with Crippen LogP contribution in [0.2, 0.25) is 0 Å². The molecule has 0 bridgehead atoms. The second-order valence-electron chi connectivity index (χ2n) is 9.85. The number of nitrogens with zero attached hydrogens (tertiary/aromatic N) is 4. The topological polar surface area (TPSA) is 138 Å². The summed E-state index contributed by atoms with van der Waals surface area (Å²) >= 11 is 3.53. The van der Waals surface area contributed by atoms with E-state index in [9.17, 15) is 14.7 Å². The number of Topliss-reactive ketones (excluding diaryl/α,β-unsaturated/α-hetero) is 1. The zero-order chi connectivity index (χ0) is 30.9. The van der Waals surface area contributed by atoms with Crippen LogP contribution in [0.15, 0.2) is 53.0 Å². The molecule has 226 valence electrons. The molecule has 0 unspecified atom stereocenters. The molecule has 0 aliphatic rings. The Hall–Kier alpha value is -4.45. The molecule has 1 aromatic heterocycles. The van der Waals surface area contributed by atoms with Crippen molar-refractivity contribution in [1.29, 1.82) is 0 Å². The predicted molar refractivity (Wildman–Crippen MR) is 164 cm³/mol. The number of aryl methyl sites for hydroxylation is 1. The van der Waals surface area contributed by atoms with Gasteiger partial charge in [-0.05, 0) is 88.1 Å². The number of ketones is 1. The summed E-state index contributed by atoms with van der Waals surface area (Å²) in [7, 11) is 1.60. The van der Waals surface area contributed by atoms with Crippen LogP contribution in [0.5, 0.6) is 23.0 Å². The highest BCUT2D eigenvalue weighted by Crippen LogP contribution is 2.34. The molecule has 0 radical (unpaired) electrons. The Balaban J connectivity index is 1.36. The lowest BCUT2D eigenvalue weighted by Crippen LogP contribution is -2.20. The van der Waals surface area contributed by atoms with Gasteiger partial charge in [-0.25, -0.2) is 4.68 Å². The largest absolute Gasteiger partial charge is 0.507 e. The van der Waals surface area contributed by atoms with Crippen molar-refractivity contribution in [2.24, 2.45) is 0 Å². The number of phenolic OH excluding ortho intramolecular Hbond substituents is 1. The zero-order valence-electron chi connectivity index (χ0n) is 24.5. The van der Waals surface area contributed by atoms with Gasteiger partial charge >= 0.3 is 0 Å². The second kappa shape index (κ2) is 14.6. The first-order valence-corrected chi connectivity index (χ1v) is 14.6. The van der Waals surface area contributed by atoms with Crippen LogP contribution in [0.4, 0.5) is 5.69 Å². The van der Waals surface area contributed by atoms with Crippen LogP contribution in [-0.4, -0.2) is 57.3 Å². The van der Waals surface area contributed by atoms with E-state index in [0.29, 0.717) is 60.9 Å². The quantitative estimate of drug-likeness (QED) is 0.129. The second-order valence-corrected chi connectivity index (χ2v) is 10.7. The molecule has 1 amide bonds. The van der Waals surface area contributed by atoms with Crippen LogP contribution >= 0.6 is 15.9 Å². The number of carbonyl (C=O) groups excluding carboxylic acids is 2. The number of amides is 1. The number of aromatic nitrogens is 4. The van der Waals surface area contributed by atoms with Crippen molar-refractivity contribution in [3.63, 3.8) is 0 Å². The lowest BCUT2D eigenvalue weighted by atomic mass is 10.0. The number of ether oxygens (including phenoxy) is 3. The van der Waals surface area contributed by atoms with Gasteiger partial charge in [0.2, 0.25) is 5.82 Å². The number of phenols is 1. The lowest BCUT2D eigenvalue weighted by Gasteiger charge is -2.16. The molecule has 0 fully saturated rings. The van der Waals surface area contributed by atoms with Crippen molar-refractivity contribution in [3.8, 4) is 23.0 Å². The fraction of sp³-hybridized carbons (Fsp3) is 0.323. The minimum atomic E-state index is -0.454. The highest BCUT2D eigenvalue weighted by Gasteiger charge is 2.19. The van der Waals surface area contributed by atoms with Gasteiger partial charge in [0.25, 0.3) is 5.91 Å². The Morgan fingerprint density at radius 3 is 2.44 bits per heavy atom. The standard InChI is InChI=1S/C31H34BrN5O6/c1-5-7-24-27(13-12-23(20(3)38)29(24)39)42-14-6-15-43-28-17-26(19(2)16-25(28)32)33-31(40)30-34-35-36-37(30)18-21-8-10-22(41-4)11-9-21/h8-13,16-17,39H,5-7,14-15,18H2,1-4H3,(H,33,40). The van der Waals surface area contributed by atoms with Gasteiger partial charge in [0, 0.05) is 23.7 Å². The highest BCUT2D eigenvalue weighted by molar-refractivity contribution is 9.10. The van der Waals surface area contributed by atoms with Crippen molar-refractivity contribution >= 4 is 33.3 Å². The fourth-order valence-electron chi connectivity index (χ4n) is 4.41.